The first-order chi connectivity index (χ1) is 16.9. The molecular weight excluding hydrogens is 452 g/mol. The predicted molar refractivity (Wildman–Crippen MR) is 141 cm³/mol. The van der Waals surface area contributed by atoms with Gasteiger partial charge in [-0.3, -0.25) is 14.9 Å². The maximum Gasteiger partial charge on any atom is 0.280 e. The Morgan fingerprint density at radius 1 is 1.06 bits per heavy atom. The summed E-state index contributed by atoms with van der Waals surface area (Å²) in [7, 11) is 0. The van der Waals surface area contributed by atoms with Crippen LogP contribution in [-0.2, 0) is 5.41 Å². The van der Waals surface area contributed by atoms with E-state index < -0.39 is 0 Å². The number of nitriles is 1. The topological polar surface area (TPSA) is 73.9 Å². The summed E-state index contributed by atoms with van der Waals surface area (Å²) in [6.45, 7) is 3.87. The highest BCUT2D eigenvalue weighted by atomic mass is 32.2. The molecule has 5 nitrogen and oxygen atoms in total. The van der Waals surface area contributed by atoms with Crippen LogP contribution in [0.5, 0.6) is 0 Å². The molecule has 35 heavy (non-hydrogen) atoms. The van der Waals surface area contributed by atoms with E-state index in [1.165, 1.54) is 44.1 Å². The minimum absolute atomic E-state index is 0.0943. The molecule has 0 atom stereocenters. The Kier molecular flexibility index (Phi) is 5.49. The molecule has 0 spiro atoms. The normalized spacial score (nSPS) is 26.9. The van der Waals surface area contributed by atoms with E-state index in [0.717, 1.165) is 57.0 Å². The van der Waals surface area contributed by atoms with Crippen molar-refractivity contribution in [3.8, 4) is 11.1 Å². The molecule has 0 amide bonds. The summed E-state index contributed by atoms with van der Waals surface area (Å²) in [5, 5.41) is 14.2. The number of nitrogens with zero attached hydrogens (tertiary/aromatic N) is 3. The number of H-pyrrole nitrogens is 1. The zero-order chi connectivity index (χ0) is 24.2. The lowest BCUT2D eigenvalue weighted by molar-refractivity contribution is -0.00518. The van der Waals surface area contributed by atoms with Crippen molar-refractivity contribution in [2.75, 3.05) is 0 Å². The maximum absolute atomic E-state index is 13.2. The van der Waals surface area contributed by atoms with Gasteiger partial charge in [0.1, 0.15) is 5.40 Å². The monoisotopic (exact) mass is 482 g/mol. The number of hydrogen-bond donors (Lipinski definition) is 1. The van der Waals surface area contributed by atoms with Crippen molar-refractivity contribution >= 4 is 23.7 Å². The molecule has 1 heterocycles. The fourth-order valence-electron chi connectivity index (χ4n) is 7.34. The summed E-state index contributed by atoms with van der Waals surface area (Å²) in [4.78, 5) is 18.7. The first-order valence-electron chi connectivity index (χ1n) is 12.6. The summed E-state index contributed by atoms with van der Waals surface area (Å²) in [6.07, 6.45) is 10.0. The molecule has 178 valence electrons. The zero-order valence-corrected chi connectivity index (χ0v) is 21.1. The van der Waals surface area contributed by atoms with E-state index in [2.05, 4.69) is 39.8 Å². The van der Waals surface area contributed by atoms with Gasteiger partial charge in [0.25, 0.3) is 5.56 Å². The van der Waals surface area contributed by atoms with Gasteiger partial charge in [-0.2, -0.15) is 5.26 Å². The lowest BCUT2D eigenvalue weighted by atomic mass is 9.48. The molecule has 0 radical (unpaired) electrons. The molecule has 4 aliphatic carbocycles. The second kappa shape index (κ2) is 8.57. The van der Waals surface area contributed by atoms with E-state index >= 15 is 0 Å². The highest BCUT2D eigenvalue weighted by Crippen LogP contribution is 2.60. The van der Waals surface area contributed by atoms with Crippen LogP contribution in [-0.4, -0.2) is 16.0 Å². The van der Waals surface area contributed by atoms with Crippen LogP contribution in [0.15, 0.2) is 57.1 Å². The first-order valence-corrected chi connectivity index (χ1v) is 13.4. The number of nitrogens with one attached hydrogen (secondary N) is 1. The molecule has 4 aliphatic rings. The summed E-state index contributed by atoms with van der Waals surface area (Å²) >= 11 is 1.13. The maximum atomic E-state index is 13.2. The minimum Gasteiger partial charge on any atom is -0.295 e. The number of benzene rings is 2. The molecule has 3 aromatic rings. The molecule has 4 fully saturated rings. The number of thioether (sulfide) groups is 1. The number of aromatic amines is 1. The Morgan fingerprint density at radius 2 is 1.71 bits per heavy atom. The summed E-state index contributed by atoms with van der Waals surface area (Å²) < 4.78 is 1.62. The van der Waals surface area contributed by atoms with E-state index in [9.17, 15) is 4.79 Å². The second-order valence-electron chi connectivity index (χ2n) is 10.9. The van der Waals surface area contributed by atoms with Gasteiger partial charge in [-0.05, 0) is 129 Å². The molecule has 1 aromatic heterocycles. The summed E-state index contributed by atoms with van der Waals surface area (Å²) in [5.41, 5.74) is 5.70. The Balaban J connectivity index is 1.26. The van der Waals surface area contributed by atoms with Gasteiger partial charge in [0, 0.05) is 16.8 Å². The van der Waals surface area contributed by atoms with Crippen LogP contribution < -0.4 is 5.56 Å². The van der Waals surface area contributed by atoms with Gasteiger partial charge in [-0.15, -0.1) is 0 Å². The third kappa shape index (κ3) is 3.96. The van der Waals surface area contributed by atoms with Crippen LogP contribution in [0, 0.1) is 42.3 Å². The van der Waals surface area contributed by atoms with Crippen molar-refractivity contribution in [3.05, 3.63) is 75.2 Å². The molecule has 2 aromatic carbocycles. The molecular formula is C29H30N4OS. The number of hydrogen-bond acceptors (Lipinski definition) is 4. The van der Waals surface area contributed by atoms with Crippen LogP contribution in [0.1, 0.15) is 60.9 Å². The van der Waals surface area contributed by atoms with Crippen molar-refractivity contribution in [3.63, 3.8) is 0 Å². The number of thiocyanates is 1. The van der Waals surface area contributed by atoms with Gasteiger partial charge >= 0.3 is 0 Å². The number of aryl methyl sites for hydroxylation is 2. The SMILES string of the molecule is Cc1cc(SC#N)ccc1N=Cc1c(C)[nH]n(-c2ccc(C34CC5CC(CC(C5)C3)C4)cc2)c1=O. The van der Waals surface area contributed by atoms with Crippen LogP contribution in [0.25, 0.3) is 5.69 Å². The van der Waals surface area contributed by atoms with Crippen LogP contribution >= 0.6 is 11.8 Å². The third-order valence-electron chi connectivity index (χ3n) is 8.56. The van der Waals surface area contributed by atoms with Crippen molar-refractivity contribution in [2.45, 2.75) is 62.7 Å². The summed E-state index contributed by atoms with van der Waals surface area (Å²) in [6, 6.07) is 14.4. The van der Waals surface area contributed by atoms with E-state index in [1.54, 1.807) is 10.9 Å². The Bertz CT molecular complexity index is 1370. The van der Waals surface area contributed by atoms with Crippen molar-refractivity contribution in [2.24, 2.45) is 22.7 Å². The second-order valence-corrected chi connectivity index (χ2v) is 11.8. The van der Waals surface area contributed by atoms with Gasteiger partial charge in [-0.25, -0.2) is 4.68 Å². The van der Waals surface area contributed by atoms with Gasteiger partial charge in [0.15, 0.2) is 0 Å². The third-order valence-corrected chi connectivity index (χ3v) is 9.14. The Morgan fingerprint density at radius 3 is 2.31 bits per heavy atom. The standard InChI is InChI=1S/C29H30N4OS/c1-18-9-25(35-17-30)7-8-27(18)31-16-26-19(2)32-33(28(26)34)24-5-3-23(4-6-24)29-13-20-10-21(14-29)12-22(11-20)15-29/h3-9,16,20-22,32H,10-15H2,1-2H3. The first kappa shape index (κ1) is 22.4. The number of aromatic nitrogens is 2. The van der Waals surface area contributed by atoms with E-state index in [-0.39, 0.29) is 5.56 Å². The average Bonchev–Trinajstić information content (AvgIpc) is 3.11. The largest absolute Gasteiger partial charge is 0.295 e. The van der Waals surface area contributed by atoms with Gasteiger partial charge in [0.2, 0.25) is 0 Å². The van der Waals surface area contributed by atoms with Crippen molar-refractivity contribution < 1.29 is 0 Å². The molecule has 1 N–H and O–H groups in total. The Hall–Kier alpha value is -3.04. The molecule has 7 rings (SSSR count). The lowest BCUT2D eigenvalue weighted by Crippen LogP contribution is -2.48. The predicted octanol–water partition coefficient (Wildman–Crippen LogP) is 6.57. The quantitative estimate of drug-likeness (QED) is 0.254. The highest BCUT2D eigenvalue weighted by molar-refractivity contribution is 8.03. The van der Waals surface area contributed by atoms with Crippen LogP contribution in [0.4, 0.5) is 5.69 Å². The summed E-state index contributed by atoms with van der Waals surface area (Å²) in [5.74, 6) is 2.75. The zero-order valence-electron chi connectivity index (χ0n) is 20.3. The molecule has 4 saturated carbocycles. The molecule has 0 saturated heterocycles. The van der Waals surface area contributed by atoms with E-state index in [1.807, 2.05) is 32.0 Å². The van der Waals surface area contributed by atoms with Gasteiger partial charge in [0.05, 0.1) is 16.9 Å². The van der Waals surface area contributed by atoms with Crippen molar-refractivity contribution in [1.82, 2.24) is 9.78 Å². The smallest absolute Gasteiger partial charge is 0.280 e. The van der Waals surface area contributed by atoms with Crippen molar-refractivity contribution in [1.29, 1.82) is 5.26 Å². The molecule has 0 aliphatic heterocycles. The van der Waals surface area contributed by atoms with E-state index in [4.69, 9.17) is 5.26 Å². The number of rotatable bonds is 5. The lowest BCUT2D eigenvalue weighted by Gasteiger charge is -2.57. The van der Waals surface area contributed by atoms with Gasteiger partial charge in [-0.1, -0.05) is 12.1 Å². The minimum atomic E-state index is -0.0943. The molecule has 6 heteroatoms. The van der Waals surface area contributed by atoms with Crippen LogP contribution in [0.2, 0.25) is 0 Å². The van der Waals surface area contributed by atoms with Crippen LogP contribution in [0.3, 0.4) is 0 Å². The van der Waals surface area contributed by atoms with Gasteiger partial charge < -0.3 is 0 Å². The Labute approximate surface area is 210 Å². The van der Waals surface area contributed by atoms with E-state index in [0.29, 0.717) is 11.0 Å². The fraction of sp³-hybridized carbons (Fsp3) is 0.414. The fourth-order valence-corrected chi connectivity index (χ4v) is 7.82. The molecule has 0 unspecified atom stereocenters. The number of aliphatic imine (C=N–C) groups is 1. The highest BCUT2D eigenvalue weighted by Gasteiger charge is 2.51. The average molecular weight is 483 g/mol. The molecule has 4 bridgehead atoms.